The van der Waals surface area contributed by atoms with Gasteiger partial charge in [-0.3, -0.25) is 0 Å². The standard InChI is InChI=1S/C9H13N3O/c1-3-10-6-9(13-5-1)8-2-4-11-7-12-8/h2,4,7,9-10H,1,3,5-6H2. The van der Waals surface area contributed by atoms with Gasteiger partial charge in [-0.25, -0.2) is 9.97 Å². The zero-order chi connectivity index (χ0) is 8.93. The molecule has 2 rings (SSSR count). The summed E-state index contributed by atoms with van der Waals surface area (Å²) < 4.78 is 5.64. The van der Waals surface area contributed by atoms with Crippen molar-refractivity contribution in [1.82, 2.24) is 15.3 Å². The summed E-state index contributed by atoms with van der Waals surface area (Å²) in [6.45, 7) is 2.68. The van der Waals surface area contributed by atoms with Crippen LogP contribution in [-0.2, 0) is 4.74 Å². The largest absolute Gasteiger partial charge is 0.371 e. The van der Waals surface area contributed by atoms with Crippen LogP contribution in [0.15, 0.2) is 18.6 Å². The number of hydrogen-bond acceptors (Lipinski definition) is 4. The Labute approximate surface area is 77.4 Å². The van der Waals surface area contributed by atoms with E-state index in [1.54, 1.807) is 12.5 Å². The molecule has 0 bridgehead atoms. The average molecular weight is 179 g/mol. The van der Waals surface area contributed by atoms with Gasteiger partial charge in [0.2, 0.25) is 0 Å². The molecule has 0 spiro atoms. The van der Waals surface area contributed by atoms with Crippen molar-refractivity contribution in [3.8, 4) is 0 Å². The van der Waals surface area contributed by atoms with Crippen molar-refractivity contribution in [1.29, 1.82) is 0 Å². The number of aromatic nitrogens is 2. The summed E-state index contributed by atoms with van der Waals surface area (Å²) in [7, 11) is 0. The van der Waals surface area contributed by atoms with E-state index in [0.29, 0.717) is 0 Å². The summed E-state index contributed by atoms with van der Waals surface area (Å²) in [5.74, 6) is 0. The fourth-order valence-electron chi connectivity index (χ4n) is 1.40. The molecular weight excluding hydrogens is 166 g/mol. The van der Waals surface area contributed by atoms with E-state index >= 15 is 0 Å². The third-order valence-electron chi connectivity index (χ3n) is 2.08. The zero-order valence-corrected chi connectivity index (χ0v) is 7.44. The second kappa shape index (κ2) is 4.30. The van der Waals surface area contributed by atoms with Gasteiger partial charge in [0.25, 0.3) is 0 Å². The molecule has 4 heteroatoms. The fourth-order valence-corrected chi connectivity index (χ4v) is 1.40. The molecule has 1 aliphatic rings. The molecule has 2 heterocycles. The lowest BCUT2D eigenvalue weighted by molar-refractivity contribution is 0.0638. The van der Waals surface area contributed by atoms with Crippen LogP contribution in [0.4, 0.5) is 0 Å². The molecule has 0 saturated carbocycles. The second-order valence-corrected chi connectivity index (χ2v) is 3.05. The normalized spacial score (nSPS) is 23.8. The summed E-state index contributed by atoms with van der Waals surface area (Å²) in [6.07, 6.45) is 4.47. The molecule has 13 heavy (non-hydrogen) atoms. The Morgan fingerprint density at radius 2 is 2.54 bits per heavy atom. The van der Waals surface area contributed by atoms with Crippen molar-refractivity contribution in [2.24, 2.45) is 0 Å². The van der Waals surface area contributed by atoms with Crippen LogP contribution < -0.4 is 5.32 Å². The van der Waals surface area contributed by atoms with Crippen LogP contribution in [-0.4, -0.2) is 29.7 Å². The Balaban J connectivity index is 2.06. The maximum absolute atomic E-state index is 5.64. The number of rotatable bonds is 1. The van der Waals surface area contributed by atoms with Gasteiger partial charge in [-0.05, 0) is 19.0 Å². The molecule has 0 radical (unpaired) electrons. The van der Waals surface area contributed by atoms with Gasteiger partial charge < -0.3 is 10.1 Å². The Kier molecular flexibility index (Phi) is 2.84. The summed E-state index contributed by atoms with van der Waals surface area (Å²) in [4.78, 5) is 8.04. The number of nitrogens with one attached hydrogen (secondary N) is 1. The summed E-state index contributed by atoms with van der Waals surface area (Å²) in [5.41, 5.74) is 0.962. The molecule has 4 nitrogen and oxygen atoms in total. The highest BCUT2D eigenvalue weighted by molar-refractivity contribution is 5.03. The van der Waals surface area contributed by atoms with E-state index in [4.69, 9.17) is 4.74 Å². The van der Waals surface area contributed by atoms with Gasteiger partial charge >= 0.3 is 0 Å². The van der Waals surface area contributed by atoms with E-state index in [-0.39, 0.29) is 6.10 Å². The second-order valence-electron chi connectivity index (χ2n) is 3.05. The molecule has 0 amide bonds. The lowest BCUT2D eigenvalue weighted by atomic mass is 10.2. The molecule has 70 valence electrons. The van der Waals surface area contributed by atoms with Crippen LogP contribution in [0.5, 0.6) is 0 Å². The Morgan fingerprint density at radius 1 is 1.54 bits per heavy atom. The summed E-state index contributed by atoms with van der Waals surface area (Å²) in [6, 6.07) is 1.90. The maximum atomic E-state index is 5.64. The van der Waals surface area contributed by atoms with Gasteiger partial charge in [0.15, 0.2) is 0 Å². The number of ether oxygens (including phenoxy) is 1. The highest BCUT2D eigenvalue weighted by Gasteiger charge is 2.14. The van der Waals surface area contributed by atoms with E-state index in [1.165, 1.54) is 0 Å². The first-order valence-corrected chi connectivity index (χ1v) is 4.55. The van der Waals surface area contributed by atoms with Gasteiger partial charge in [0.1, 0.15) is 12.4 Å². The molecule has 1 aromatic heterocycles. The van der Waals surface area contributed by atoms with Crippen LogP contribution in [0.1, 0.15) is 18.2 Å². The maximum Gasteiger partial charge on any atom is 0.115 e. The topological polar surface area (TPSA) is 47.0 Å². The van der Waals surface area contributed by atoms with Gasteiger partial charge in [-0.1, -0.05) is 0 Å². The Bertz CT molecular complexity index is 244. The third kappa shape index (κ3) is 2.23. The predicted octanol–water partition coefficient (Wildman–Crippen LogP) is 0.528. The molecule has 1 N–H and O–H groups in total. The Morgan fingerprint density at radius 3 is 3.38 bits per heavy atom. The molecule has 1 aromatic rings. The molecule has 1 aliphatic heterocycles. The van der Waals surface area contributed by atoms with E-state index in [0.717, 1.165) is 31.8 Å². The Hall–Kier alpha value is -1.00. The van der Waals surface area contributed by atoms with Crippen LogP contribution in [0.25, 0.3) is 0 Å². The fraction of sp³-hybridized carbons (Fsp3) is 0.556. The lowest BCUT2D eigenvalue weighted by Crippen LogP contribution is -2.20. The van der Waals surface area contributed by atoms with E-state index in [2.05, 4.69) is 15.3 Å². The quantitative estimate of drug-likeness (QED) is 0.683. The summed E-state index contributed by atoms with van der Waals surface area (Å²) >= 11 is 0. The van der Waals surface area contributed by atoms with Crippen LogP contribution in [0.3, 0.4) is 0 Å². The first-order valence-electron chi connectivity index (χ1n) is 4.55. The molecule has 0 aliphatic carbocycles. The van der Waals surface area contributed by atoms with Crippen LogP contribution in [0, 0.1) is 0 Å². The van der Waals surface area contributed by atoms with E-state index in [9.17, 15) is 0 Å². The summed E-state index contributed by atoms with van der Waals surface area (Å²) in [5, 5.41) is 3.31. The monoisotopic (exact) mass is 179 g/mol. The zero-order valence-electron chi connectivity index (χ0n) is 7.44. The molecule has 1 saturated heterocycles. The molecule has 0 aromatic carbocycles. The van der Waals surface area contributed by atoms with Gasteiger partial charge in [-0.15, -0.1) is 0 Å². The molecule has 1 unspecified atom stereocenters. The van der Waals surface area contributed by atoms with Crippen molar-refractivity contribution in [3.63, 3.8) is 0 Å². The van der Waals surface area contributed by atoms with Crippen molar-refractivity contribution >= 4 is 0 Å². The predicted molar refractivity (Wildman–Crippen MR) is 48.2 cm³/mol. The van der Waals surface area contributed by atoms with E-state index < -0.39 is 0 Å². The van der Waals surface area contributed by atoms with Gasteiger partial charge in [-0.2, -0.15) is 0 Å². The first-order chi connectivity index (χ1) is 6.47. The van der Waals surface area contributed by atoms with Gasteiger partial charge in [0, 0.05) is 19.3 Å². The minimum atomic E-state index is 0.0884. The van der Waals surface area contributed by atoms with E-state index in [1.807, 2.05) is 6.07 Å². The van der Waals surface area contributed by atoms with Crippen LogP contribution >= 0.6 is 0 Å². The van der Waals surface area contributed by atoms with Crippen molar-refractivity contribution in [3.05, 3.63) is 24.3 Å². The minimum absolute atomic E-state index is 0.0884. The minimum Gasteiger partial charge on any atom is -0.371 e. The number of nitrogens with zero attached hydrogens (tertiary/aromatic N) is 2. The van der Waals surface area contributed by atoms with Crippen molar-refractivity contribution < 1.29 is 4.74 Å². The molecular formula is C9H13N3O. The highest BCUT2D eigenvalue weighted by atomic mass is 16.5. The average Bonchev–Trinajstić information content (AvgIpc) is 2.47. The SMILES string of the molecule is c1cc(C2CNCCCO2)ncn1. The smallest absolute Gasteiger partial charge is 0.115 e. The first kappa shape index (κ1) is 8.59. The lowest BCUT2D eigenvalue weighted by Gasteiger charge is -2.13. The molecule has 1 fully saturated rings. The highest BCUT2D eigenvalue weighted by Crippen LogP contribution is 2.14. The third-order valence-corrected chi connectivity index (χ3v) is 2.08. The van der Waals surface area contributed by atoms with Gasteiger partial charge in [0.05, 0.1) is 5.69 Å². The van der Waals surface area contributed by atoms with Crippen molar-refractivity contribution in [2.45, 2.75) is 12.5 Å². The molecule has 1 atom stereocenters. The van der Waals surface area contributed by atoms with Crippen LogP contribution in [0.2, 0.25) is 0 Å². The van der Waals surface area contributed by atoms with Crippen molar-refractivity contribution in [2.75, 3.05) is 19.7 Å². The number of hydrogen-bond donors (Lipinski definition) is 1.